The van der Waals surface area contributed by atoms with Crippen molar-refractivity contribution in [2.45, 2.75) is 11.8 Å². The van der Waals surface area contributed by atoms with E-state index in [9.17, 15) is 13.2 Å². The van der Waals surface area contributed by atoms with Gasteiger partial charge < -0.3 is 0 Å². The summed E-state index contributed by atoms with van der Waals surface area (Å²) in [5.41, 5.74) is 3.89. The van der Waals surface area contributed by atoms with Crippen molar-refractivity contribution >= 4 is 51.0 Å². The first-order chi connectivity index (χ1) is 14.8. The maximum absolute atomic E-state index is 13.3. The monoisotopic (exact) mass is 475 g/mol. The van der Waals surface area contributed by atoms with Gasteiger partial charge in [-0.2, -0.15) is 5.10 Å². The van der Waals surface area contributed by atoms with Crippen molar-refractivity contribution in [3.05, 3.63) is 94.0 Å². The summed E-state index contributed by atoms with van der Waals surface area (Å²) in [4.78, 5) is 12.7. The lowest BCUT2D eigenvalue weighted by atomic mass is 10.2. The van der Waals surface area contributed by atoms with E-state index in [1.54, 1.807) is 67.6 Å². The highest BCUT2D eigenvalue weighted by atomic mass is 35.5. The second kappa shape index (κ2) is 9.96. The number of nitrogens with zero attached hydrogens (tertiary/aromatic N) is 2. The van der Waals surface area contributed by atoms with Gasteiger partial charge in [-0.15, -0.1) is 0 Å². The van der Waals surface area contributed by atoms with Crippen molar-refractivity contribution in [2.24, 2.45) is 5.10 Å². The van der Waals surface area contributed by atoms with E-state index in [1.165, 1.54) is 18.3 Å². The van der Waals surface area contributed by atoms with Crippen LogP contribution >= 0.6 is 23.2 Å². The highest BCUT2D eigenvalue weighted by Crippen LogP contribution is 2.26. The van der Waals surface area contributed by atoms with E-state index in [2.05, 4.69) is 10.5 Å². The van der Waals surface area contributed by atoms with Crippen LogP contribution in [-0.2, 0) is 14.8 Å². The number of benzene rings is 3. The summed E-state index contributed by atoms with van der Waals surface area (Å²) in [6.07, 6.45) is 1.31. The standard InChI is InChI=1S/C22H19Cl2N3O3S/c1-16-8-5-6-13-21(16)27(31(29,30)17-9-3-2-4-10-17)15-22(28)26-25-14-18-19(23)11-7-12-20(18)24/h2-14H,15H2,1H3,(H,26,28)/b25-14+. The molecule has 0 radical (unpaired) electrons. The Balaban J connectivity index is 1.86. The normalized spacial score (nSPS) is 11.5. The summed E-state index contributed by atoms with van der Waals surface area (Å²) < 4.78 is 27.6. The van der Waals surface area contributed by atoms with Gasteiger partial charge in [0.05, 0.1) is 26.8 Å². The lowest BCUT2D eigenvalue weighted by molar-refractivity contribution is -0.119. The number of hydrogen-bond donors (Lipinski definition) is 1. The Morgan fingerprint density at radius 1 is 0.968 bits per heavy atom. The number of rotatable bonds is 7. The van der Waals surface area contributed by atoms with Crippen LogP contribution in [-0.4, -0.2) is 27.1 Å². The summed E-state index contributed by atoms with van der Waals surface area (Å²) in [5, 5.41) is 4.62. The van der Waals surface area contributed by atoms with Gasteiger partial charge in [0.1, 0.15) is 6.54 Å². The molecule has 0 unspecified atom stereocenters. The van der Waals surface area contributed by atoms with Crippen molar-refractivity contribution in [3.8, 4) is 0 Å². The lowest BCUT2D eigenvalue weighted by Crippen LogP contribution is -2.40. The Kier molecular flexibility index (Phi) is 7.33. The van der Waals surface area contributed by atoms with Crippen LogP contribution in [0.4, 0.5) is 5.69 Å². The molecule has 0 saturated carbocycles. The van der Waals surface area contributed by atoms with E-state index < -0.39 is 22.5 Å². The Hall–Kier alpha value is -2.87. The molecule has 160 valence electrons. The number of hydrazone groups is 1. The number of aryl methyl sites for hydroxylation is 1. The third-order valence-corrected chi connectivity index (χ3v) is 6.82. The third kappa shape index (κ3) is 5.44. The van der Waals surface area contributed by atoms with Gasteiger partial charge >= 0.3 is 0 Å². The highest BCUT2D eigenvalue weighted by molar-refractivity contribution is 7.92. The molecule has 6 nitrogen and oxygen atoms in total. The predicted molar refractivity (Wildman–Crippen MR) is 124 cm³/mol. The number of halogens is 2. The zero-order chi connectivity index (χ0) is 22.4. The minimum atomic E-state index is -3.98. The molecule has 9 heteroatoms. The molecule has 3 rings (SSSR count). The largest absolute Gasteiger partial charge is 0.271 e. The highest BCUT2D eigenvalue weighted by Gasteiger charge is 2.27. The number of anilines is 1. The van der Waals surface area contributed by atoms with Crippen LogP contribution < -0.4 is 9.73 Å². The molecule has 0 heterocycles. The van der Waals surface area contributed by atoms with E-state index in [1.807, 2.05) is 0 Å². The molecule has 0 saturated heterocycles. The topological polar surface area (TPSA) is 78.8 Å². The van der Waals surface area contributed by atoms with E-state index in [0.29, 0.717) is 26.9 Å². The molecule has 0 aliphatic rings. The molecule has 31 heavy (non-hydrogen) atoms. The van der Waals surface area contributed by atoms with Crippen molar-refractivity contribution in [2.75, 3.05) is 10.8 Å². The molecule has 0 aliphatic heterocycles. The fraction of sp³-hybridized carbons (Fsp3) is 0.0909. The van der Waals surface area contributed by atoms with E-state index in [-0.39, 0.29) is 4.90 Å². The zero-order valence-corrected chi connectivity index (χ0v) is 18.8. The smallest absolute Gasteiger partial charge is 0.264 e. The van der Waals surface area contributed by atoms with Gasteiger partial charge in [0.15, 0.2) is 0 Å². The number of para-hydroxylation sites is 1. The van der Waals surface area contributed by atoms with E-state index >= 15 is 0 Å². The Bertz CT molecular complexity index is 1200. The molecule has 0 bridgehead atoms. The molecular formula is C22H19Cl2N3O3S. The SMILES string of the molecule is Cc1ccccc1N(CC(=O)N/N=C/c1c(Cl)cccc1Cl)S(=O)(=O)c1ccccc1. The van der Waals surface area contributed by atoms with Crippen LogP contribution in [0.5, 0.6) is 0 Å². The first kappa shape index (κ1) is 22.8. The van der Waals surface area contributed by atoms with Crippen LogP contribution in [0.25, 0.3) is 0 Å². The fourth-order valence-electron chi connectivity index (χ4n) is 2.83. The number of hydrogen-bond acceptors (Lipinski definition) is 4. The summed E-state index contributed by atoms with van der Waals surface area (Å²) in [7, 11) is -3.98. The number of carbonyl (C=O) groups excluding carboxylic acids is 1. The van der Waals surface area contributed by atoms with E-state index in [4.69, 9.17) is 23.2 Å². The molecule has 1 N–H and O–H groups in total. The van der Waals surface area contributed by atoms with Gasteiger partial charge in [0, 0.05) is 5.56 Å². The van der Waals surface area contributed by atoms with Crippen molar-refractivity contribution in [3.63, 3.8) is 0 Å². The summed E-state index contributed by atoms with van der Waals surface area (Å²) in [6, 6.07) is 19.8. The van der Waals surface area contributed by atoms with Crippen LogP contribution in [0, 0.1) is 6.92 Å². The number of nitrogens with one attached hydrogen (secondary N) is 1. The van der Waals surface area contributed by atoms with Gasteiger partial charge in [0.25, 0.3) is 15.9 Å². The molecule has 0 fully saturated rings. The summed E-state index contributed by atoms with van der Waals surface area (Å²) in [5.74, 6) is -0.623. The van der Waals surface area contributed by atoms with E-state index in [0.717, 1.165) is 4.31 Å². The zero-order valence-electron chi connectivity index (χ0n) is 16.5. The van der Waals surface area contributed by atoms with Gasteiger partial charge in [-0.25, -0.2) is 13.8 Å². The first-order valence-electron chi connectivity index (χ1n) is 9.20. The van der Waals surface area contributed by atoms with Gasteiger partial charge in [-0.1, -0.05) is 65.7 Å². The van der Waals surface area contributed by atoms with Crippen molar-refractivity contribution in [1.82, 2.24) is 5.43 Å². The Labute approximate surface area is 191 Å². The lowest BCUT2D eigenvalue weighted by Gasteiger charge is -2.25. The number of carbonyl (C=O) groups is 1. The van der Waals surface area contributed by atoms with Gasteiger partial charge in [-0.3, -0.25) is 9.10 Å². The Morgan fingerprint density at radius 2 is 1.58 bits per heavy atom. The first-order valence-corrected chi connectivity index (χ1v) is 11.4. The van der Waals surface area contributed by atoms with Crippen LogP contribution in [0.1, 0.15) is 11.1 Å². The minimum Gasteiger partial charge on any atom is -0.271 e. The quantitative estimate of drug-likeness (QED) is 0.399. The second-order valence-corrected chi connectivity index (χ2v) is 9.22. The maximum Gasteiger partial charge on any atom is 0.264 e. The molecule has 0 aromatic heterocycles. The number of amides is 1. The molecular weight excluding hydrogens is 457 g/mol. The molecule has 1 amide bonds. The number of sulfonamides is 1. The fourth-order valence-corrected chi connectivity index (χ4v) is 4.83. The average molecular weight is 476 g/mol. The second-order valence-electron chi connectivity index (χ2n) is 6.54. The van der Waals surface area contributed by atoms with Gasteiger partial charge in [0.2, 0.25) is 0 Å². The summed E-state index contributed by atoms with van der Waals surface area (Å²) in [6.45, 7) is 1.31. The third-order valence-electron chi connectivity index (χ3n) is 4.39. The van der Waals surface area contributed by atoms with Crippen LogP contribution in [0.2, 0.25) is 10.0 Å². The predicted octanol–water partition coefficient (Wildman–Crippen LogP) is 4.65. The average Bonchev–Trinajstić information content (AvgIpc) is 2.75. The molecule has 3 aromatic carbocycles. The Morgan fingerprint density at radius 3 is 2.23 bits per heavy atom. The molecule has 3 aromatic rings. The minimum absolute atomic E-state index is 0.0809. The molecule has 0 spiro atoms. The van der Waals surface area contributed by atoms with Crippen molar-refractivity contribution < 1.29 is 13.2 Å². The van der Waals surface area contributed by atoms with Crippen LogP contribution in [0.15, 0.2) is 82.8 Å². The molecule has 0 atom stereocenters. The van der Waals surface area contributed by atoms with Gasteiger partial charge in [-0.05, 0) is 42.8 Å². The maximum atomic E-state index is 13.3. The summed E-state index contributed by atoms with van der Waals surface area (Å²) >= 11 is 12.2. The van der Waals surface area contributed by atoms with Crippen molar-refractivity contribution in [1.29, 1.82) is 0 Å². The molecule has 0 aliphatic carbocycles. The van der Waals surface area contributed by atoms with Crippen LogP contribution in [0.3, 0.4) is 0 Å².